The molecule has 0 saturated carbocycles. The quantitative estimate of drug-likeness (QED) is 0.179. The number of hydrogen-bond donors (Lipinski definition) is 4. The van der Waals surface area contributed by atoms with Gasteiger partial charge in [-0.25, -0.2) is 0 Å². The Kier molecular flexibility index (Phi) is 6.60. The molecule has 2 rings (SSSR count). The summed E-state index contributed by atoms with van der Waals surface area (Å²) >= 11 is 0. The van der Waals surface area contributed by atoms with E-state index in [9.17, 15) is 15.0 Å². The Morgan fingerprint density at radius 3 is 2.54 bits per heavy atom. The minimum Gasteiger partial charge on any atom is -0.504 e. The number of carbonyl (C=O) groups is 1. The van der Waals surface area contributed by atoms with Gasteiger partial charge in [-0.05, 0) is 24.6 Å². The molecule has 0 fully saturated rings. The summed E-state index contributed by atoms with van der Waals surface area (Å²) in [6.45, 7) is 2.64. The number of hydrogen-bond acceptors (Lipinski definition) is 5. The fourth-order valence-corrected chi connectivity index (χ4v) is 2.70. The summed E-state index contributed by atoms with van der Waals surface area (Å²) in [5.41, 5.74) is 5.93. The number of benzene rings is 2. The number of rotatable bonds is 9. The third kappa shape index (κ3) is 4.33. The first kappa shape index (κ1) is 19.3. The Labute approximate surface area is 152 Å². The summed E-state index contributed by atoms with van der Waals surface area (Å²) in [5, 5.41) is 27.6. The topological polar surface area (TPSA) is 117 Å². The molecule has 6 nitrogen and oxygen atoms in total. The first-order valence-corrected chi connectivity index (χ1v) is 8.63. The molecular formula is C20H24N2O4. The lowest BCUT2D eigenvalue weighted by atomic mass is 9.94. The zero-order valence-corrected chi connectivity index (χ0v) is 14.8. The van der Waals surface area contributed by atoms with Crippen molar-refractivity contribution in [2.24, 2.45) is 5.73 Å². The maximum atomic E-state index is 12.3. The van der Waals surface area contributed by atoms with Crippen molar-refractivity contribution in [1.82, 2.24) is 0 Å². The molecular weight excluding hydrogens is 332 g/mol. The van der Waals surface area contributed by atoms with Gasteiger partial charge in [0.25, 0.3) is 0 Å². The van der Waals surface area contributed by atoms with Crippen LogP contribution in [-0.2, 0) is 0 Å². The van der Waals surface area contributed by atoms with E-state index in [0.29, 0.717) is 17.9 Å². The highest BCUT2D eigenvalue weighted by Crippen LogP contribution is 2.43. The molecule has 5 N–H and O–H groups in total. The lowest BCUT2D eigenvalue weighted by Crippen LogP contribution is -2.23. The van der Waals surface area contributed by atoms with Gasteiger partial charge >= 0.3 is 0 Å². The maximum Gasteiger partial charge on any atom is 0.227 e. The second-order valence-corrected chi connectivity index (χ2v) is 6.00. The second-order valence-electron chi connectivity index (χ2n) is 6.00. The van der Waals surface area contributed by atoms with Gasteiger partial charge in [0.1, 0.15) is 5.75 Å². The van der Waals surface area contributed by atoms with Crippen molar-refractivity contribution in [3.63, 3.8) is 0 Å². The molecule has 6 heteroatoms. The zero-order chi connectivity index (χ0) is 19.1. The van der Waals surface area contributed by atoms with Crippen LogP contribution in [0.1, 0.15) is 43.0 Å². The molecule has 0 aromatic heterocycles. The SMILES string of the molecule is CCCCCCOc1ccccc1-c1c(C(=O)C(=N)N)ccc(O)c1O. The van der Waals surface area contributed by atoms with E-state index in [4.69, 9.17) is 15.9 Å². The van der Waals surface area contributed by atoms with Gasteiger partial charge in [0.15, 0.2) is 17.3 Å². The monoisotopic (exact) mass is 356 g/mol. The Hall–Kier alpha value is -3.02. The van der Waals surface area contributed by atoms with E-state index < -0.39 is 17.4 Å². The third-order valence-corrected chi connectivity index (χ3v) is 4.06. The van der Waals surface area contributed by atoms with E-state index in [0.717, 1.165) is 25.7 Å². The van der Waals surface area contributed by atoms with Crippen LogP contribution in [0.15, 0.2) is 36.4 Å². The Morgan fingerprint density at radius 2 is 1.85 bits per heavy atom. The lowest BCUT2D eigenvalue weighted by molar-refractivity contribution is 0.106. The fraction of sp³-hybridized carbons (Fsp3) is 0.300. The van der Waals surface area contributed by atoms with Gasteiger partial charge in [-0.15, -0.1) is 0 Å². The van der Waals surface area contributed by atoms with Crippen LogP contribution in [0.25, 0.3) is 11.1 Å². The Bertz CT molecular complexity index is 802. The first-order chi connectivity index (χ1) is 12.5. The van der Waals surface area contributed by atoms with Crippen molar-refractivity contribution in [3.8, 4) is 28.4 Å². The van der Waals surface area contributed by atoms with Crippen molar-refractivity contribution in [2.45, 2.75) is 32.6 Å². The normalized spacial score (nSPS) is 10.5. The number of carbonyl (C=O) groups excluding carboxylic acids is 1. The minimum atomic E-state index is -0.729. The van der Waals surface area contributed by atoms with Gasteiger partial charge in [-0.1, -0.05) is 44.4 Å². The van der Waals surface area contributed by atoms with Crippen LogP contribution in [-0.4, -0.2) is 28.4 Å². The number of para-hydroxylation sites is 1. The zero-order valence-electron chi connectivity index (χ0n) is 14.8. The van der Waals surface area contributed by atoms with Crippen LogP contribution in [0.5, 0.6) is 17.2 Å². The standard InChI is InChI=1S/C20H24N2O4/c1-2-3-4-7-12-26-16-9-6-5-8-13(16)17-14(18(24)20(21)22)10-11-15(23)19(17)25/h5-6,8-11,23,25H,2-4,7,12H2,1H3,(H3,21,22). The van der Waals surface area contributed by atoms with Crippen LogP contribution in [0, 0.1) is 5.41 Å². The number of phenols is 2. The summed E-state index contributed by atoms with van der Waals surface area (Å²) in [4.78, 5) is 12.3. The van der Waals surface area contributed by atoms with E-state index in [1.807, 2.05) is 0 Å². The highest BCUT2D eigenvalue weighted by molar-refractivity contribution is 6.44. The van der Waals surface area contributed by atoms with Gasteiger partial charge in [0, 0.05) is 16.7 Å². The molecule has 0 spiro atoms. The summed E-state index contributed by atoms with van der Waals surface area (Å²) in [7, 11) is 0. The number of Topliss-reactive ketones (excluding diaryl/α,β-unsaturated/α-hetero) is 1. The van der Waals surface area contributed by atoms with Crippen LogP contribution in [0.3, 0.4) is 0 Å². The highest BCUT2D eigenvalue weighted by atomic mass is 16.5. The van der Waals surface area contributed by atoms with E-state index in [-0.39, 0.29) is 16.9 Å². The number of phenolic OH excluding ortho intramolecular Hbond substituents is 2. The molecule has 0 amide bonds. The van der Waals surface area contributed by atoms with Crippen molar-refractivity contribution in [3.05, 3.63) is 42.0 Å². The van der Waals surface area contributed by atoms with E-state index in [1.165, 1.54) is 12.1 Å². The van der Waals surface area contributed by atoms with Gasteiger partial charge in [0.2, 0.25) is 5.78 Å². The molecule has 0 unspecified atom stereocenters. The molecule has 0 aliphatic rings. The summed E-state index contributed by atoms with van der Waals surface area (Å²) in [5.74, 6) is -1.69. The minimum absolute atomic E-state index is 0.0369. The van der Waals surface area contributed by atoms with Crippen LogP contribution >= 0.6 is 0 Å². The van der Waals surface area contributed by atoms with E-state index >= 15 is 0 Å². The highest BCUT2D eigenvalue weighted by Gasteiger charge is 2.23. The number of nitrogens with one attached hydrogen (secondary N) is 1. The molecule has 138 valence electrons. The number of amidine groups is 1. The number of ether oxygens (including phenoxy) is 1. The molecule has 26 heavy (non-hydrogen) atoms. The molecule has 2 aromatic carbocycles. The first-order valence-electron chi connectivity index (χ1n) is 8.63. The molecule has 0 saturated heterocycles. The van der Waals surface area contributed by atoms with E-state index in [2.05, 4.69) is 6.92 Å². The molecule has 2 aromatic rings. The largest absolute Gasteiger partial charge is 0.504 e. The smallest absolute Gasteiger partial charge is 0.227 e. The number of unbranched alkanes of at least 4 members (excludes halogenated alkanes) is 3. The molecule has 0 heterocycles. The Balaban J connectivity index is 2.43. The predicted molar refractivity (Wildman–Crippen MR) is 101 cm³/mol. The molecule has 0 atom stereocenters. The number of aromatic hydroxyl groups is 2. The summed E-state index contributed by atoms with van der Waals surface area (Å²) in [6.07, 6.45) is 4.22. The number of nitrogens with two attached hydrogens (primary N) is 1. The van der Waals surface area contributed by atoms with Crippen molar-refractivity contribution in [2.75, 3.05) is 6.61 Å². The lowest BCUT2D eigenvalue weighted by Gasteiger charge is -2.16. The van der Waals surface area contributed by atoms with Crippen molar-refractivity contribution in [1.29, 1.82) is 5.41 Å². The van der Waals surface area contributed by atoms with Gasteiger partial charge in [0.05, 0.1) is 6.61 Å². The molecule has 0 bridgehead atoms. The summed E-state index contributed by atoms with van der Waals surface area (Å²) < 4.78 is 5.84. The second kappa shape index (κ2) is 8.89. The molecule has 0 aliphatic heterocycles. The van der Waals surface area contributed by atoms with E-state index in [1.54, 1.807) is 24.3 Å². The maximum absolute atomic E-state index is 12.3. The average molecular weight is 356 g/mol. The fourth-order valence-electron chi connectivity index (χ4n) is 2.70. The Morgan fingerprint density at radius 1 is 1.12 bits per heavy atom. The van der Waals surface area contributed by atoms with Gasteiger partial charge in [-0.2, -0.15) is 0 Å². The predicted octanol–water partition coefficient (Wildman–Crippen LogP) is 3.84. The van der Waals surface area contributed by atoms with Crippen LogP contribution in [0.4, 0.5) is 0 Å². The van der Waals surface area contributed by atoms with Gasteiger partial charge in [-0.3, -0.25) is 10.2 Å². The van der Waals surface area contributed by atoms with Crippen LogP contribution < -0.4 is 10.5 Å². The van der Waals surface area contributed by atoms with Crippen LogP contribution in [0.2, 0.25) is 0 Å². The summed E-state index contributed by atoms with van der Waals surface area (Å²) in [6, 6.07) is 9.49. The number of ketones is 1. The van der Waals surface area contributed by atoms with Crippen molar-refractivity contribution >= 4 is 11.6 Å². The van der Waals surface area contributed by atoms with Crippen molar-refractivity contribution < 1.29 is 19.7 Å². The molecule has 0 radical (unpaired) electrons. The molecule has 0 aliphatic carbocycles. The third-order valence-electron chi connectivity index (χ3n) is 4.06. The average Bonchev–Trinajstić information content (AvgIpc) is 2.63. The van der Waals surface area contributed by atoms with Gasteiger partial charge < -0.3 is 20.7 Å².